The molecule has 2 aromatic rings. The molecule has 2 aromatic carbocycles. The first kappa shape index (κ1) is 15.6. The van der Waals surface area contributed by atoms with Crippen LogP contribution in [0.15, 0.2) is 42.5 Å². The minimum Gasteiger partial charge on any atom is -0.454 e. The summed E-state index contributed by atoms with van der Waals surface area (Å²) in [7, 11) is 0. The predicted molar refractivity (Wildman–Crippen MR) is 98.6 cm³/mol. The largest absolute Gasteiger partial charge is 0.454 e. The number of rotatable bonds is 2. The van der Waals surface area contributed by atoms with E-state index in [1.807, 2.05) is 36.4 Å². The molecule has 2 aliphatic rings. The number of hydrogen-bond acceptors (Lipinski definition) is 3. The molecule has 1 atom stereocenters. The van der Waals surface area contributed by atoms with Gasteiger partial charge < -0.3 is 20.1 Å². The van der Waals surface area contributed by atoms with Gasteiger partial charge in [-0.2, -0.15) is 0 Å². The third-order valence-electron chi connectivity index (χ3n) is 3.85. The van der Waals surface area contributed by atoms with E-state index in [9.17, 15) is 0 Å². The monoisotopic (exact) mass is 378 g/mol. The minimum atomic E-state index is -0.0855. The van der Waals surface area contributed by atoms with Crippen LogP contribution in [0.2, 0.25) is 10.0 Å². The Kier molecular flexibility index (Phi) is 4.00. The van der Waals surface area contributed by atoms with Crippen molar-refractivity contribution in [2.45, 2.75) is 6.04 Å². The van der Waals surface area contributed by atoms with Gasteiger partial charge in [-0.1, -0.05) is 35.3 Å². The second kappa shape index (κ2) is 6.16. The van der Waals surface area contributed by atoms with Crippen molar-refractivity contribution in [1.82, 2.24) is 10.6 Å². The number of benzene rings is 2. The van der Waals surface area contributed by atoms with Crippen molar-refractivity contribution in [3.63, 3.8) is 0 Å². The molecule has 122 valence electrons. The first-order valence-electron chi connectivity index (χ1n) is 7.24. The van der Waals surface area contributed by atoms with Crippen molar-refractivity contribution in [3.8, 4) is 11.5 Å². The highest BCUT2D eigenvalue weighted by Gasteiger charge is 2.21. The van der Waals surface area contributed by atoms with Crippen LogP contribution >= 0.6 is 35.4 Å². The Labute approximate surface area is 154 Å². The lowest BCUT2D eigenvalue weighted by molar-refractivity contribution is 0.174. The van der Waals surface area contributed by atoms with Crippen molar-refractivity contribution in [1.29, 1.82) is 0 Å². The second-order valence-electron chi connectivity index (χ2n) is 5.40. The van der Waals surface area contributed by atoms with Gasteiger partial charge in [-0.15, -0.1) is 0 Å². The molecule has 0 aromatic heterocycles. The van der Waals surface area contributed by atoms with Gasteiger partial charge in [-0.3, -0.25) is 0 Å². The molecule has 4 nitrogen and oxygen atoms in total. The lowest BCUT2D eigenvalue weighted by Crippen LogP contribution is -2.40. The van der Waals surface area contributed by atoms with Crippen LogP contribution in [0.4, 0.5) is 0 Å². The summed E-state index contributed by atoms with van der Waals surface area (Å²) in [6, 6.07) is 11.2. The molecule has 0 saturated heterocycles. The molecule has 24 heavy (non-hydrogen) atoms. The number of fused-ring (bicyclic) bond motifs is 1. The Balaban J connectivity index is 1.70. The van der Waals surface area contributed by atoms with E-state index in [1.165, 1.54) is 0 Å². The van der Waals surface area contributed by atoms with Crippen LogP contribution in [0.25, 0.3) is 5.70 Å². The van der Waals surface area contributed by atoms with E-state index in [2.05, 4.69) is 10.6 Å². The van der Waals surface area contributed by atoms with Crippen LogP contribution in [-0.2, 0) is 0 Å². The predicted octanol–water partition coefficient (Wildman–Crippen LogP) is 4.28. The molecule has 0 bridgehead atoms. The van der Waals surface area contributed by atoms with Gasteiger partial charge in [0.15, 0.2) is 16.6 Å². The molecule has 4 rings (SSSR count). The third kappa shape index (κ3) is 2.90. The fourth-order valence-corrected chi connectivity index (χ4v) is 3.20. The zero-order valence-corrected chi connectivity index (χ0v) is 14.6. The maximum Gasteiger partial charge on any atom is 0.231 e. The molecule has 7 heteroatoms. The fraction of sp³-hybridized carbons (Fsp3) is 0.118. The number of ether oxygens (including phenoxy) is 2. The van der Waals surface area contributed by atoms with E-state index in [1.54, 1.807) is 6.07 Å². The fourth-order valence-electron chi connectivity index (χ4n) is 2.67. The van der Waals surface area contributed by atoms with Gasteiger partial charge >= 0.3 is 0 Å². The van der Waals surface area contributed by atoms with E-state index < -0.39 is 0 Å². The molecule has 0 fully saturated rings. The van der Waals surface area contributed by atoms with E-state index >= 15 is 0 Å². The Bertz CT molecular complexity index is 870. The molecule has 0 saturated carbocycles. The Morgan fingerprint density at radius 1 is 1.00 bits per heavy atom. The maximum atomic E-state index is 6.12. The number of hydrogen-bond donors (Lipinski definition) is 2. The van der Waals surface area contributed by atoms with Crippen molar-refractivity contribution < 1.29 is 9.47 Å². The zero-order chi connectivity index (χ0) is 16.7. The molecule has 0 radical (unpaired) electrons. The van der Waals surface area contributed by atoms with E-state index in [0.717, 1.165) is 28.3 Å². The normalized spacial score (nSPS) is 18.7. The van der Waals surface area contributed by atoms with Crippen molar-refractivity contribution in [2.75, 3.05) is 6.79 Å². The van der Waals surface area contributed by atoms with Gasteiger partial charge in [-0.25, -0.2) is 0 Å². The highest BCUT2D eigenvalue weighted by molar-refractivity contribution is 7.80. The summed E-state index contributed by atoms with van der Waals surface area (Å²) in [5.41, 5.74) is 2.82. The van der Waals surface area contributed by atoms with Gasteiger partial charge in [0.1, 0.15) is 0 Å². The summed E-state index contributed by atoms with van der Waals surface area (Å²) in [5, 5.41) is 7.96. The van der Waals surface area contributed by atoms with Gasteiger partial charge in [-0.05, 0) is 53.7 Å². The standard InChI is InChI=1S/C17H12Cl2N2O2S/c18-11-3-1-9(5-12(11)19)13-7-14(21-17(24)20-13)10-2-4-15-16(6-10)23-8-22-15/h1-7,14H,8H2,(H2,20,21,24)/t14-/m1/s1. The van der Waals surface area contributed by atoms with Crippen LogP contribution in [0.5, 0.6) is 11.5 Å². The van der Waals surface area contributed by atoms with Crippen molar-refractivity contribution in [2.24, 2.45) is 0 Å². The van der Waals surface area contributed by atoms with E-state index in [4.69, 9.17) is 44.9 Å². The van der Waals surface area contributed by atoms with Gasteiger partial charge in [0, 0.05) is 5.70 Å². The van der Waals surface area contributed by atoms with Gasteiger partial charge in [0.25, 0.3) is 0 Å². The van der Waals surface area contributed by atoms with Crippen LogP contribution in [-0.4, -0.2) is 11.9 Å². The Morgan fingerprint density at radius 2 is 1.83 bits per heavy atom. The molecule has 0 spiro atoms. The lowest BCUT2D eigenvalue weighted by Gasteiger charge is -2.26. The average Bonchev–Trinajstić information content (AvgIpc) is 3.04. The summed E-state index contributed by atoms with van der Waals surface area (Å²) in [6.45, 7) is 0.251. The molecular weight excluding hydrogens is 367 g/mol. The van der Waals surface area contributed by atoms with Gasteiger partial charge in [0.05, 0.1) is 16.1 Å². The number of nitrogens with one attached hydrogen (secondary N) is 2. The number of halogens is 2. The third-order valence-corrected chi connectivity index (χ3v) is 4.81. The number of thiocarbonyl (C=S) groups is 1. The molecule has 0 unspecified atom stereocenters. The minimum absolute atomic E-state index is 0.0855. The van der Waals surface area contributed by atoms with E-state index in [-0.39, 0.29) is 12.8 Å². The van der Waals surface area contributed by atoms with Crippen LogP contribution in [0.3, 0.4) is 0 Å². The molecule has 2 aliphatic heterocycles. The highest BCUT2D eigenvalue weighted by Crippen LogP contribution is 2.35. The smallest absolute Gasteiger partial charge is 0.231 e. The van der Waals surface area contributed by atoms with E-state index in [0.29, 0.717) is 15.2 Å². The van der Waals surface area contributed by atoms with Crippen LogP contribution in [0.1, 0.15) is 17.2 Å². The molecule has 2 heterocycles. The highest BCUT2D eigenvalue weighted by atomic mass is 35.5. The first-order chi connectivity index (χ1) is 11.6. The molecule has 0 aliphatic carbocycles. The van der Waals surface area contributed by atoms with Crippen LogP contribution < -0.4 is 20.1 Å². The summed E-state index contributed by atoms with van der Waals surface area (Å²) >= 11 is 17.5. The quantitative estimate of drug-likeness (QED) is 0.763. The average molecular weight is 379 g/mol. The molecule has 2 N–H and O–H groups in total. The van der Waals surface area contributed by atoms with Crippen molar-refractivity contribution >= 4 is 46.2 Å². The van der Waals surface area contributed by atoms with Crippen LogP contribution in [0, 0.1) is 0 Å². The lowest BCUT2D eigenvalue weighted by atomic mass is 10.0. The van der Waals surface area contributed by atoms with Crippen molar-refractivity contribution in [3.05, 3.63) is 63.6 Å². The molecule has 0 amide bonds. The molecular formula is C17H12Cl2N2O2S. The summed E-state index contributed by atoms with van der Waals surface area (Å²) in [4.78, 5) is 0. The SMILES string of the molecule is S=C1NC(c2ccc(Cl)c(Cl)c2)=C[C@H](c2ccc3c(c2)OCO3)N1. The Hall–Kier alpha value is -1.95. The summed E-state index contributed by atoms with van der Waals surface area (Å²) < 4.78 is 10.8. The summed E-state index contributed by atoms with van der Waals surface area (Å²) in [5.74, 6) is 1.49. The zero-order valence-electron chi connectivity index (χ0n) is 12.3. The second-order valence-corrected chi connectivity index (χ2v) is 6.62. The topological polar surface area (TPSA) is 42.5 Å². The Morgan fingerprint density at radius 3 is 2.67 bits per heavy atom. The first-order valence-corrected chi connectivity index (χ1v) is 8.41. The maximum absolute atomic E-state index is 6.12. The summed E-state index contributed by atoms with van der Waals surface area (Å²) in [6.07, 6.45) is 2.05. The van der Waals surface area contributed by atoms with Gasteiger partial charge in [0.2, 0.25) is 6.79 Å².